The Labute approximate surface area is 458 Å². The highest BCUT2D eigenvalue weighted by Crippen LogP contribution is 2.40. The van der Waals surface area contributed by atoms with Crippen molar-refractivity contribution in [3.63, 3.8) is 0 Å². The van der Waals surface area contributed by atoms with Crippen molar-refractivity contribution in [1.29, 1.82) is 0 Å². The first-order chi connectivity index (χ1) is 37.6. The number of amides is 4. The maximum atomic E-state index is 13.6. The van der Waals surface area contributed by atoms with Gasteiger partial charge in [-0.05, 0) is 97.9 Å². The van der Waals surface area contributed by atoms with Crippen LogP contribution in [0.1, 0.15) is 85.5 Å². The summed E-state index contributed by atoms with van der Waals surface area (Å²) < 4.78 is 30.7. The maximum absolute atomic E-state index is 13.6. The fraction of sp³-hybridized carbons (Fsp3) is 0.417. The van der Waals surface area contributed by atoms with Gasteiger partial charge in [0, 0.05) is 33.2 Å². The van der Waals surface area contributed by atoms with E-state index >= 15 is 0 Å². The fourth-order valence-corrected chi connectivity index (χ4v) is 9.29. The first-order valence-electron chi connectivity index (χ1n) is 26.5. The van der Waals surface area contributed by atoms with Crippen LogP contribution in [0.5, 0.6) is 23.0 Å². The average molecular weight is 1070 g/mol. The Morgan fingerprint density at radius 3 is 1.35 bits per heavy atom. The highest BCUT2D eigenvalue weighted by Gasteiger charge is 2.31. The van der Waals surface area contributed by atoms with Crippen LogP contribution in [0.15, 0.2) is 109 Å². The number of ether oxygens (including phenoxy) is 5. The monoisotopic (exact) mass is 1070 g/mol. The molecule has 18 nitrogen and oxygen atoms in total. The van der Waals surface area contributed by atoms with Crippen molar-refractivity contribution in [2.45, 2.75) is 91.4 Å². The van der Waals surface area contributed by atoms with Crippen molar-refractivity contribution in [2.24, 2.45) is 11.8 Å². The number of likely N-dealkylation sites (tertiary alicyclic amines) is 1. The number of methoxy groups -OCH3 is 5. The minimum Gasteiger partial charge on any atom is -0.496 e. The summed E-state index contributed by atoms with van der Waals surface area (Å²) in [6.07, 6.45) is 4.08. The lowest BCUT2D eigenvalue weighted by Crippen LogP contribution is -2.49. The van der Waals surface area contributed by atoms with Crippen LogP contribution in [0.25, 0.3) is 22.5 Å². The number of hydrogen-bond donors (Lipinski definition) is 2. The number of benzene rings is 4. The van der Waals surface area contributed by atoms with Gasteiger partial charge in [-0.25, -0.2) is 0 Å². The number of carbonyl (C=O) groups is 5. The molecule has 0 aliphatic carbocycles. The predicted octanol–water partition coefficient (Wildman–Crippen LogP) is 8.16. The number of rotatable bonds is 24. The summed E-state index contributed by atoms with van der Waals surface area (Å²) in [4.78, 5) is 68.8. The van der Waals surface area contributed by atoms with Crippen LogP contribution in [-0.2, 0) is 45.1 Å². The Bertz CT molecular complexity index is 2890. The summed E-state index contributed by atoms with van der Waals surface area (Å²) in [5.74, 6) is 1.10. The first kappa shape index (κ1) is 59.1. The molecule has 18 heteroatoms. The Balaban J connectivity index is 0.000000253. The third kappa shape index (κ3) is 15.7. The molecule has 1 aliphatic rings. The quantitative estimate of drug-likeness (QED) is 0.0553. The summed E-state index contributed by atoms with van der Waals surface area (Å²) in [5.41, 5.74) is 5.36. The number of hydrogen-bond acceptors (Lipinski definition) is 12. The normalized spacial score (nSPS) is 12.7. The minimum absolute atomic E-state index is 0.0278. The molecule has 4 aromatic carbocycles. The van der Waals surface area contributed by atoms with E-state index in [1.807, 2.05) is 107 Å². The number of nitrogens with zero attached hydrogens (tertiary/aromatic N) is 6. The number of nitrogens with one attached hydrogen (secondary N) is 2. The molecular weight excluding hydrogens is 993 g/mol. The van der Waals surface area contributed by atoms with Gasteiger partial charge in [0.15, 0.2) is 11.4 Å². The first-order valence-corrected chi connectivity index (χ1v) is 26.5. The lowest BCUT2D eigenvalue weighted by molar-refractivity contribution is -0.146. The third-order valence-electron chi connectivity index (χ3n) is 13.2. The molecule has 6 aromatic rings. The smallest absolute Gasteiger partial charge is 0.325 e. The molecule has 4 amide bonds. The van der Waals surface area contributed by atoms with Crippen molar-refractivity contribution in [1.82, 2.24) is 40.0 Å². The molecule has 2 atom stereocenters. The van der Waals surface area contributed by atoms with Crippen LogP contribution in [0.3, 0.4) is 0 Å². The Morgan fingerprint density at radius 1 is 0.564 bits per heavy atom. The van der Waals surface area contributed by atoms with E-state index in [0.717, 1.165) is 48.3 Å². The summed E-state index contributed by atoms with van der Waals surface area (Å²) in [7, 11) is 9.12. The van der Waals surface area contributed by atoms with Gasteiger partial charge in [-0.3, -0.25) is 33.3 Å². The second kappa shape index (κ2) is 28.8. The van der Waals surface area contributed by atoms with Crippen LogP contribution in [0, 0.1) is 11.8 Å². The zero-order valence-corrected chi connectivity index (χ0v) is 46.7. The third-order valence-corrected chi connectivity index (χ3v) is 13.2. The number of aryl methyl sites for hydroxylation is 2. The lowest BCUT2D eigenvalue weighted by Gasteiger charge is -2.24. The van der Waals surface area contributed by atoms with Gasteiger partial charge < -0.3 is 44.1 Å². The van der Waals surface area contributed by atoms with E-state index in [9.17, 15) is 24.0 Å². The van der Waals surface area contributed by atoms with Gasteiger partial charge in [0.1, 0.15) is 41.6 Å². The molecule has 416 valence electrons. The number of esters is 1. The van der Waals surface area contributed by atoms with Crippen molar-refractivity contribution in [3.8, 4) is 45.5 Å². The van der Waals surface area contributed by atoms with Crippen molar-refractivity contribution >= 4 is 29.6 Å². The molecule has 7 rings (SSSR count). The molecule has 2 N–H and O–H groups in total. The largest absolute Gasteiger partial charge is 0.496 e. The van der Waals surface area contributed by atoms with Gasteiger partial charge in [-0.2, -0.15) is 10.2 Å². The predicted molar refractivity (Wildman–Crippen MR) is 299 cm³/mol. The maximum Gasteiger partial charge on any atom is 0.325 e. The molecule has 0 bridgehead atoms. The molecule has 78 heavy (non-hydrogen) atoms. The second-order valence-electron chi connectivity index (χ2n) is 20.0. The zero-order valence-electron chi connectivity index (χ0n) is 46.7. The highest BCUT2D eigenvalue weighted by molar-refractivity contribution is 5.98. The Morgan fingerprint density at radius 2 is 0.962 bits per heavy atom. The van der Waals surface area contributed by atoms with Gasteiger partial charge in [-0.15, -0.1) is 0 Å². The summed E-state index contributed by atoms with van der Waals surface area (Å²) in [6.45, 7) is 10.7. The van der Waals surface area contributed by atoms with Gasteiger partial charge >= 0.3 is 5.97 Å². The molecule has 3 heterocycles. The summed E-state index contributed by atoms with van der Waals surface area (Å²) in [5, 5.41) is 15.2. The lowest BCUT2D eigenvalue weighted by atomic mass is 10.0. The molecular formula is C60H76N8O10. The zero-order chi connectivity index (χ0) is 56.3. The van der Waals surface area contributed by atoms with E-state index < -0.39 is 29.9 Å². The second-order valence-corrected chi connectivity index (χ2v) is 20.0. The van der Waals surface area contributed by atoms with Crippen molar-refractivity contribution in [3.05, 3.63) is 132 Å². The van der Waals surface area contributed by atoms with E-state index in [-0.39, 0.29) is 35.7 Å². The van der Waals surface area contributed by atoms with E-state index in [1.165, 1.54) is 19.1 Å². The molecule has 0 saturated carbocycles. The van der Waals surface area contributed by atoms with Crippen molar-refractivity contribution in [2.75, 3.05) is 62.2 Å². The van der Waals surface area contributed by atoms with E-state index in [2.05, 4.69) is 48.5 Å². The van der Waals surface area contributed by atoms with Gasteiger partial charge in [0.25, 0.3) is 11.8 Å². The van der Waals surface area contributed by atoms with Crippen LogP contribution >= 0.6 is 0 Å². The molecule has 1 saturated heterocycles. The van der Waals surface area contributed by atoms with E-state index in [4.69, 9.17) is 23.7 Å². The topological polar surface area (TPSA) is 198 Å². The van der Waals surface area contributed by atoms with Gasteiger partial charge in [-0.1, -0.05) is 100 Å². The number of aromatic nitrogens is 4. The molecule has 1 fully saturated rings. The molecule has 0 spiro atoms. The molecule has 0 radical (unpaired) electrons. The number of carbonyl (C=O) groups excluding carboxylic acids is 5. The molecule has 2 aromatic heterocycles. The molecule has 0 unspecified atom stereocenters. The SMILES string of the molecule is COC(=O)CN(C)C(=O)[C@H](CCc1ccccc1)NC(=O)c1cc(-c2c(OC)cccc2OC)n(CC(C)C)n1.COc1cccc(OC)c1-c1cc(C(=O)N[C@@H](CCc2ccccc2)C(=O)N2CCCC2)nn1CC(C)C. The van der Waals surface area contributed by atoms with Gasteiger partial charge in [0.2, 0.25) is 11.8 Å². The van der Waals surface area contributed by atoms with E-state index in [1.54, 1.807) is 45.3 Å². The standard InChI is InChI=1S/C30H38N4O6.C30H38N4O4/c1-20(2)18-34-24(28-25(38-4)13-10-14-26(28)39-5)17-23(32-34)29(36)31-22(16-15-21-11-8-7-9-12-21)30(37)33(3)19-27(35)40-6;1-21(2)20-34-25(28-26(37-3)13-10-14-27(28)38-4)19-24(32-34)29(35)31-23(30(36)33-17-8-9-18-33)16-15-22-11-6-5-7-12-22/h7-14,17,20,22H,15-16,18-19H2,1-6H3,(H,31,36);5-7,10-14,19,21,23H,8-9,15-18,20H2,1-4H3,(H,31,35)/t22-;23-/m00/s1. The minimum atomic E-state index is -0.887. The van der Waals surface area contributed by atoms with Crippen LogP contribution < -0.4 is 29.6 Å². The van der Waals surface area contributed by atoms with Crippen LogP contribution in [-0.4, -0.2) is 133 Å². The average Bonchev–Trinajstić information content (AvgIpc) is 4.26. The molecule has 1 aliphatic heterocycles. The summed E-state index contributed by atoms with van der Waals surface area (Å²) in [6, 6.07) is 32.7. The summed E-state index contributed by atoms with van der Waals surface area (Å²) >= 11 is 0. The van der Waals surface area contributed by atoms with E-state index in [0.29, 0.717) is 78.9 Å². The fourth-order valence-electron chi connectivity index (χ4n) is 9.29. The number of likely N-dealkylation sites (N-methyl/N-ethyl adjacent to an activating group) is 1. The van der Waals surface area contributed by atoms with Crippen LogP contribution in [0.4, 0.5) is 0 Å². The Kier molecular flexibility index (Phi) is 21.8. The Hall–Kier alpha value is -8.15. The highest BCUT2D eigenvalue weighted by atomic mass is 16.5. The van der Waals surface area contributed by atoms with Crippen molar-refractivity contribution < 1.29 is 47.7 Å². The van der Waals surface area contributed by atoms with Crippen LogP contribution in [0.2, 0.25) is 0 Å². The van der Waals surface area contributed by atoms with Gasteiger partial charge in [0.05, 0.1) is 58.1 Å².